The molecule has 1 aromatic heterocycles. The van der Waals surface area contributed by atoms with Gasteiger partial charge in [-0.15, -0.1) is 11.8 Å². The predicted octanol–water partition coefficient (Wildman–Crippen LogP) is 4.13. The number of hydrogen-bond acceptors (Lipinski definition) is 3. The molecule has 1 N–H and O–H groups in total. The Bertz CT molecular complexity index is 803. The van der Waals surface area contributed by atoms with Crippen LogP contribution in [0.4, 0.5) is 10.1 Å². The normalized spacial score (nSPS) is 10.5. The number of carbonyl (C=O) groups excluding carboxylic acids is 1. The summed E-state index contributed by atoms with van der Waals surface area (Å²) in [5.74, 6) is 0.315. The van der Waals surface area contributed by atoms with E-state index in [9.17, 15) is 9.18 Å². The van der Waals surface area contributed by atoms with Crippen LogP contribution in [0.5, 0.6) is 0 Å². The van der Waals surface area contributed by atoms with Gasteiger partial charge in [0.1, 0.15) is 5.82 Å². The fourth-order valence-corrected chi connectivity index (χ4v) is 3.06. The molecular weight excluding hydrogens is 325 g/mol. The van der Waals surface area contributed by atoms with Crippen molar-refractivity contribution < 1.29 is 9.18 Å². The minimum absolute atomic E-state index is 0.0582. The number of carbonyl (C=O) groups is 1. The smallest absolute Gasteiger partial charge is 0.225 e. The molecule has 0 atom stereocenters. The number of amides is 1. The standard InChI is InChI=1S/C18H16FN3OS/c19-14-5-7-15(8-6-14)24-12-9-18(23)21-16-3-1-2-4-17(16)22-11-10-20-13-22/h1-8,10-11,13H,9,12H2,(H,21,23). The third-order valence-corrected chi connectivity index (χ3v) is 4.39. The van der Waals surface area contributed by atoms with Crippen molar-refractivity contribution in [3.05, 3.63) is 73.1 Å². The van der Waals surface area contributed by atoms with E-state index in [1.807, 2.05) is 35.0 Å². The maximum absolute atomic E-state index is 12.9. The highest BCUT2D eigenvalue weighted by Gasteiger charge is 2.08. The minimum atomic E-state index is -0.256. The second kappa shape index (κ2) is 7.79. The molecule has 3 rings (SSSR count). The molecule has 0 spiro atoms. The zero-order chi connectivity index (χ0) is 16.8. The maximum atomic E-state index is 12.9. The number of aromatic nitrogens is 2. The largest absolute Gasteiger partial charge is 0.324 e. The monoisotopic (exact) mass is 341 g/mol. The Labute approximate surface area is 143 Å². The summed E-state index contributed by atoms with van der Waals surface area (Å²) >= 11 is 1.53. The van der Waals surface area contributed by atoms with Gasteiger partial charge in [-0.05, 0) is 36.4 Å². The third-order valence-electron chi connectivity index (χ3n) is 3.37. The number of nitrogens with one attached hydrogen (secondary N) is 1. The molecule has 2 aromatic carbocycles. The molecule has 3 aromatic rings. The van der Waals surface area contributed by atoms with Gasteiger partial charge in [0.15, 0.2) is 0 Å². The van der Waals surface area contributed by atoms with E-state index in [0.717, 1.165) is 16.3 Å². The van der Waals surface area contributed by atoms with Crippen molar-refractivity contribution in [2.24, 2.45) is 0 Å². The molecule has 0 saturated heterocycles. The Morgan fingerprint density at radius 1 is 1.17 bits per heavy atom. The molecule has 6 heteroatoms. The first-order valence-corrected chi connectivity index (χ1v) is 8.46. The van der Waals surface area contributed by atoms with Crippen LogP contribution in [-0.2, 0) is 4.79 Å². The summed E-state index contributed by atoms with van der Waals surface area (Å²) in [6.45, 7) is 0. The number of nitrogens with zero attached hydrogens (tertiary/aromatic N) is 2. The van der Waals surface area contributed by atoms with Crippen molar-refractivity contribution >= 4 is 23.4 Å². The summed E-state index contributed by atoms with van der Waals surface area (Å²) in [7, 11) is 0. The molecule has 0 aliphatic heterocycles. The Hall–Kier alpha value is -2.60. The van der Waals surface area contributed by atoms with Gasteiger partial charge in [-0.1, -0.05) is 12.1 Å². The first-order chi connectivity index (χ1) is 11.7. The van der Waals surface area contributed by atoms with Crippen LogP contribution in [0.15, 0.2) is 72.1 Å². The van der Waals surface area contributed by atoms with E-state index >= 15 is 0 Å². The third kappa shape index (κ3) is 4.23. The van der Waals surface area contributed by atoms with Crippen LogP contribution in [0.1, 0.15) is 6.42 Å². The van der Waals surface area contributed by atoms with Crippen LogP contribution in [0, 0.1) is 5.82 Å². The van der Waals surface area contributed by atoms with Gasteiger partial charge in [0.2, 0.25) is 5.91 Å². The molecule has 0 radical (unpaired) electrons. The van der Waals surface area contributed by atoms with Gasteiger partial charge in [-0.25, -0.2) is 9.37 Å². The summed E-state index contributed by atoms with van der Waals surface area (Å²) in [5.41, 5.74) is 1.61. The fourth-order valence-electron chi connectivity index (χ4n) is 2.21. The molecule has 1 amide bonds. The van der Waals surface area contributed by atoms with Gasteiger partial charge < -0.3 is 9.88 Å². The molecular formula is C18H16FN3OS. The molecule has 122 valence electrons. The highest BCUT2D eigenvalue weighted by Crippen LogP contribution is 2.21. The molecule has 0 fully saturated rings. The number of benzene rings is 2. The van der Waals surface area contributed by atoms with E-state index in [1.54, 1.807) is 24.7 Å². The lowest BCUT2D eigenvalue weighted by Gasteiger charge is -2.11. The van der Waals surface area contributed by atoms with E-state index in [-0.39, 0.29) is 11.7 Å². The van der Waals surface area contributed by atoms with Gasteiger partial charge >= 0.3 is 0 Å². The quantitative estimate of drug-likeness (QED) is 0.686. The van der Waals surface area contributed by atoms with Crippen molar-refractivity contribution in [3.8, 4) is 5.69 Å². The van der Waals surface area contributed by atoms with Crippen molar-refractivity contribution in [3.63, 3.8) is 0 Å². The van der Waals surface area contributed by atoms with Crippen molar-refractivity contribution in [2.45, 2.75) is 11.3 Å². The van der Waals surface area contributed by atoms with Crippen molar-refractivity contribution in [2.75, 3.05) is 11.1 Å². The van der Waals surface area contributed by atoms with E-state index in [2.05, 4.69) is 10.3 Å². The van der Waals surface area contributed by atoms with Crippen LogP contribution in [0.2, 0.25) is 0 Å². The number of thioether (sulfide) groups is 1. The van der Waals surface area contributed by atoms with Gasteiger partial charge in [0, 0.05) is 29.5 Å². The lowest BCUT2D eigenvalue weighted by molar-refractivity contribution is -0.115. The Kier molecular flexibility index (Phi) is 5.28. The highest BCUT2D eigenvalue weighted by atomic mass is 32.2. The number of rotatable bonds is 6. The van der Waals surface area contributed by atoms with E-state index < -0.39 is 0 Å². The molecule has 0 bridgehead atoms. The van der Waals surface area contributed by atoms with Gasteiger partial charge in [0.05, 0.1) is 17.7 Å². The lowest BCUT2D eigenvalue weighted by atomic mass is 10.2. The topological polar surface area (TPSA) is 46.9 Å². The molecule has 4 nitrogen and oxygen atoms in total. The second-order valence-corrected chi connectivity index (χ2v) is 6.26. The van der Waals surface area contributed by atoms with Gasteiger partial charge in [-0.3, -0.25) is 4.79 Å². The Morgan fingerprint density at radius 3 is 2.71 bits per heavy atom. The lowest BCUT2D eigenvalue weighted by Crippen LogP contribution is -2.13. The van der Waals surface area contributed by atoms with E-state index in [1.165, 1.54) is 23.9 Å². The summed E-state index contributed by atoms with van der Waals surface area (Å²) in [4.78, 5) is 17.1. The summed E-state index contributed by atoms with van der Waals surface area (Å²) in [5, 5.41) is 2.93. The zero-order valence-electron chi connectivity index (χ0n) is 12.9. The van der Waals surface area contributed by atoms with Crippen molar-refractivity contribution in [1.29, 1.82) is 0 Å². The number of halogens is 1. The highest BCUT2D eigenvalue weighted by molar-refractivity contribution is 7.99. The van der Waals surface area contributed by atoms with Crippen LogP contribution in [0.25, 0.3) is 5.69 Å². The average molecular weight is 341 g/mol. The Balaban J connectivity index is 1.57. The SMILES string of the molecule is O=C(CCSc1ccc(F)cc1)Nc1ccccc1-n1ccnc1. The molecule has 0 saturated carbocycles. The molecule has 0 aliphatic carbocycles. The minimum Gasteiger partial charge on any atom is -0.324 e. The Morgan fingerprint density at radius 2 is 1.96 bits per heavy atom. The number of hydrogen-bond donors (Lipinski definition) is 1. The van der Waals surface area contributed by atoms with Gasteiger partial charge in [0.25, 0.3) is 0 Å². The fraction of sp³-hybridized carbons (Fsp3) is 0.111. The van der Waals surface area contributed by atoms with Crippen molar-refractivity contribution in [1.82, 2.24) is 9.55 Å². The number of para-hydroxylation sites is 2. The molecule has 24 heavy (non-hydrogen) atoms. The zero-order valence-corrected chi connectivity index (χ0v) is 13.7. The van der Waals surface area contributed by atoms with Crippen LogP contribution >= 0.6 is 11.8 Å². The predicted molar refractivity (Wildman–Crippen MR) is 93.9 cm³/mol. The number of anilines is 1. The molecule has 0 unspecified atom stereocenters. The second-order valence-electron chi connectivity index (χ2n) is 5.09. The first kappa shape index (κ1) is 16.3. The molecule has 1 heterocycles. The van der Waals surface area contributed by atoms with Gasteiger partial charge in [-0.2, -0.15) is 0 Å². The van der Waals surface area contributed by atoms with Crippen LogP contribution in [-0.4, -0.2) is 21.2 Å². The average Bonchev–Trinajstić information content (AvgIpc) is 3.11. The maximum Gasteiger partial charge on any atom is 0.225 e. The summed E-state index contributed by atoms with van der Waals surface area (Å²) in [6, 6.07) is 13.8. The summed E-state index contributed by atoms with van der Waals surface area (Å²) < 4.78 is 14.7. The van der Waals surface area contributed by atoms with E-state index in [0.29, 0.717) is 12.2 Å². The molecule has 0 aliphatic rings. The number of imidazole rings is 1. The summed E-state index contributed by atoms with van der Waals surface area (Å²) in [6.07, 6.45) is 5.59. The first-order valence-electron chi connectivity index (χ1n) is 7.48. The van der Waals surface area contributed by atoms with Crippen LogP contribution < -0.4 is 5.32 Å². The van der Waals surface area contributed by atoms with E-state index in [4.69, 9.17) is 0 Å². The van der Waals surface area contributed by atoms with Crippen LogP contribution in [0.3, 0.4) is 0 Å².